The third-order valence-corrected chi connectivity index (χ3v) is 3.10. The number of ether oxygens (including phenoxy) is 2. The molecule has 0 saturated carbocycles. The Balaban J connectivity index is 2.35. The number of hydrogen-bond acceptors (Lipinski definition) is 7. The van der Waals surface area contributed by atoms with Crippen LogP contribution in [-0.4, -0.2) is 40.6 Å². The highest BCUT2D eigenvalue weighted by Crippen LogP contribution is 2.16. The summed E-state index contributed by atoms with van der Waals surface area (Å²) in [4.78, 5) is 37.6. The quantitative estimate of drug-likeness (QED) is 0.465. The van der Waals surface area contributed by atoms with Gasteiger partial charge in [0.25, 0.3) is 5.69 Å². The number of carbonyl (C=O) groups excluding carboxylic acids is 2. The van der Waals surface area contributed by atoms with Crippen LogP contribution in [0.15, 0.2) is 30.6 Å². The molecule has 9 heteroatoms. The van der Waals surface area contributed by atoms with E-state index in [2.05, 4.69) is 14.5 Å². The van der Waals surface area contributed by atoms with Crippen LogP contribution in [0.3, 0.4) is 0 Å². The summed E-state index contributed by atoms with van der Waals surface area (Å²) in [6, 6.07) is 5.81. The topological polar surface area (TPSA) is 114 Å². The molecule has 2 rings (SSSR count). The minimum absolute atomic E-state index is 0.0391. The normalized spacial score (nSPS) is 10.2. The Morgan fingerprint density at radius 3 is 2.30 bits per heavy atom. The van der Waals surface area contributed by atoms with Gasteiger partial charge in [-0.05, 0) is 5.56 Å². The van der Waals surface area contributed by atoms with Crippen molar-refractivity contribution in [1.82, 2.24) is 9.55 Å². The molecule has 0 amide bonds. The highest BCUT2D eigenvalue weighted by Gasteiger charge is 2.25. The van der Waals surface area contributed by atoms with Crippen LogP contribution in [-0.2, 0) is 16.0 Å². The molecule has 1 aromatic carbocycles. The smallest absolute Gasteiger partial charge is 0.359 e. The molecule has 0 spiro atoms. The lowest BCUT2D eigenvalue weighted by molar-refractivity contribution is -0.384. The number of nitrogens with zero attached hydrogens (tertiary/aromatic N) is 3. The minimum Gasteiger partial charge on any atom is -0.464 e. The number of hydrogen-bond donors (Lipinski definition) is 0. The van der Waals surface area contributed by atoms with E-state index in [9.17, 15) is 19.7 Å². The number of nitro benzene ring substituents is 1. The lowest BCUT2D eigenvalue weighted by atomic mass is 10.2. The number of non-ortho nitro benzene ring substituents is 1. The highest BCUT2D eigenvalue weighted by atomic mass is 16.6. The van der Waals surface area contributed by atoms with Crippen molar-refractivity contribution in [3.8, 4) is 0 Å². The summed E-state index contributed by atoms with van der Waals surface area (Å²) in [6.45, 7) is 0.187. The van der Waals surface area contributed by atoms with Gasteiger partial charge in [0.15, 0.2) is 11.4 Å². The van der Waals surface area contributed by atoms with Crippen LogP contribution in [0.4, 0.5) is 5.69 Å². The fraction of sp³-hybridized carbons (Fsp3) is 0.214. The van der Waals surface area contributed by atoms with Crippen molar-refractivity contribution in [2.75, 3.05) is 14.2 Å². The molecular formula is C14H13N3O6. The van der Waals surface area contributed by atoms with Gasteiger partial charge in [-0.15, -0.1) is 0 Å². The Morgan fingerprint density at radius 2 is 1.78 bits per heavy atom. The van der Waals surface area contributed by atoms with Gasteiger partial charge in [-0.1, -0.05) is 12.1 Å². The first-order valence-electron chi connectivity index (χ1n) is 6.43. The van der Waals surface area contributed by atoms with Crippen molar-refractivity contribution in [1.29, 1.82) is 0 Å². The molecule has 23 heavy (non-hydrogen) atoms. The number of esters is 2. The van der Waals surface area contributed by atoms with Gasteiger partial charge in [0.2, 0.25) is 0 Å². The third-order valence-electron chi connectivity index (χ3n) is 3.10. The second kappa shape index (κ2) is 6.69. The lowest BCUT2D eigenvalue weighted by Gasteiger charge is -2.08. The van der Waals surface area contributed by atoms with Gasteiger partial charge in [0, 0.05) is 18.7 Å². The van der Waals surface area contributed by atoms with Gasteiger partial charge in [0.05, 0.1) is 25.5 Å². The van der Waals surface area contributed by atoms with E-state index >= 15 is 0 Å². The summed E-state index contributed by atoms with van der Waals surface area (Å²) in [5, 5.41) is 10.6. The number of imidazole rings is 1. The summed E-state index contributed by atoms with van der Waals surface area (Å²) < 4.78 is 10.7. The SMILES string of the molecule is COC(=O)c1ncn(Cc2ccc([N+](=O)[O-])cc2)c1C(=O)OC. The summed E-state index contributed by atoms with van der Waals surface area (Å²) in [6.07, 6.45) is 1.31. The van der Waals surface area contributed by atoms with Crippen molar-refractivity contribution >= 4 is 17.6 Å². The molecule has 0 aliphatic heterocycles. The fourth-order valence-corrected chi connectivity index (χ4v) is 1.98. The van der Waals surface area contributed by atoms with Gasteiger partial charge in [0.1, 0.15) is 0 Å². The van der Waals surface area contributed by atoms with E-state index in [4.69, 9.17) is 0 Å². The third kappa shape index (κ3) is 3.34. The van der Waals surface area contributed by atoms with Gasteiger partial charge in [-0.2, -0.15) is 0 Å². The van der Waals surface area contributed by atoms with E-state index in [1.165, 1.54) is 37.2 Å². The molecular weight excluding hydrogens is 306 g/mol. The fourth-order valence-electron chi connectivity index (χ4n) is 1.98. The minimum atomic E-state index is -0.757. The maximum absolute atomic E-state index is 11.9. The first kappa shape index (κ1) is 16.1. The largest absolute Gasteiger partial charge is 0.464 e. The van der Waals surface area contributed by atoms with Gasteiger partial charge < -0.3 is 14.0 Å². The monoisotopic (exact) mass is 319 g/mol. The maximum Gasteiger partial charge on any atom is 0.359 e. The van der Waals surface area contributed by atoms with E-state index in [0.29, 0.717) is 5.56 Å². The van der Waals surface area contributed by atoms with Crippen LogP contribution in [0.1, 0.15) is 26.5 Å². The lowest BCUT2D eigenvalue weighted by Crippen LogP contribution is -2.16. The first-order valence-corrected chi connectivity index (χ1v) is 6.43. The second-order valence-corrected chi connectivity index (χ2v) is 4.48. The maximum atomic E-state index is 11.9. The molecule has 0 bridgehead atoms. The van der Waals surface area contributed by atoms with Crippen LogP contribution in [0.5, 0.6) is 0 Å². The molecule has 9 nitrogen and oxygen atoms in total. The zero-order valence-electron chi connectivity index (χ0n) is 12.4. The first-order chi connectivity index (χ1) is 11.0. The van der Waals surface area contributed by atoms with Gasteiger partial charge >= 0.3 is 11.9 Å². The molecule has 0 unspecified atom stereocenters. The molecule has 0 atom stereocenters. The summed E-state index contributed by atoms with van der Waals surface area (Å²) in [5.41, 5.74) is 0.455. The van der Waals surface area contributed by atoms with E-state index in [1.807, 2.05) is 0 Å². The Kier molecular flexibility index (Phi) is 4.69. The molecule has 2 aromatic rings. The summed E-state index contributed by atoms with van der Waals surface area (Å²) in [7, 11) is 2.37. The number of nitro groups is 1. The highest BCUT2D eigenvalue weighted by molar-refractivity contribution is 6.00. The molecule has 0 aliphatic carbocycles. The van der Waals surface area contributed by atoms with Crippen LogP contribution < -0.4 is 0 Å². The molecule has 0 saturated heterocycles. The molecule has 1 aromatic heterocycles. The molecule has 0 N–H and O–H groups in total. The average molecular weight is 319 g/mol. The molecule has 1 heterocycles. The van der Waals surface area contributed by atoms with Crippen LogP contribution in [0.25, 0.3) is 0 Å². The number of rotatable bonds is 5. The zero-order chi connectivity index (χ0) is 17.0. The number of aromatic nitrogens is 2. The van der Waals surface area contributed by atoms with Crippen LogP contribution in [0.2, 0.25) is 0 Å². The Bertz CT molecular complexity index is 750. The zero-order valence-corrected chi connectivity index (χ0v) is 12.4. The number of methoxy groups -OCH3 is 2. The predicted molar refractivity (Wildman–Crippen MR) is 77.1 cm³/mol. The van der Waals surface area contributed by atoms with Crippen molar-refractivity contribution in [2.24, 2.45) is 0 Å². The Hall–Kier alpha value is -3.23. The van der Waals surface area contributed by atoms with Crippen molar-refractivity contribution in [3.63, 3.8) is 0 Å². The Labute approximate surface area is 130 Å². The van der Waals surface area contributed by atoms with E-state index < -0.39 is 16.9 Å². The van der Waals surface area contributed by atoms with E-state index in [-0.39, 0.29) is 23.6 Å². The van der Waals surface area contributed by atoms with Crippen molar-refractivity contribution < 1.29 is 24.0 Å². The molecule has 120 valence electrons. The van der Waals surface area contributed by atoms with E-state index in [1.54, 1.807) is 12.1 Å². The average Bonchev–Trinajstić information content (AvgIpc) is 2.97. The van der Waals surface area contributed by atoms with Gasteiger partial charge in [-0.25, -0.2) is 14.6 Å². The molecule has 0 radical (unpaired) electrons. The Morgan fingerprint density at radius 1 is 1.17 bits per heavy atom. The predicted octanol–water partition coefficient (Wildman–Crippen LogP) is 1.41. The number of benzene rings is 1. The standard InChI is InChI=1S/C14H13N3O6/c1-22-13(18)11-12(14(19)23-2)16(8-15-11)7-9-3-5-10(6-4-9)17(20)21/h3-6,8H,7H2,1-2H3. The summed E-state index contributed by atoms with van der Waals surface area (Å²) in [5.74, 6) is -1.49. The molecule has 0 fully saturated rings. The summed E-state index contributed by atoms with van der Waals surface area (Å²) >= 11 is 0. The molecule has 0 aliphatic rings. The van der Waals surface area contributed by atoms with Crippen LogP contribution >= 0.6 is 0 Å². The van der Waals surface area contributed by atoms with Gasteiger partial charge in [-0.3, -0.25) is 10.1 Å². The second-order valence-electron chi connectivity index (χ2n) is 4.48. The van der Waals surface area contributed by atoms with Crippen LogP contribution in [0, 0.1) is 10.1 Å². The van der Waals surface area contributed by atoms with E-state index in [0.717, 1.165) is 0 Å². The van der Waals surface area contributed by atoms with Crippen molar-refractivity contribution in [2.45, 2.75) is 6.54 Å². The number of carbonyl (C=O) groups is 2. The van der Waals surface area contributed by atoms with Crippen molar-refractivity contribution in [3.05, 3.63) is 57.7 Å².